The van der Waals surface area contributed by atoms with E-state index in [2.05, 4.69) is 4.90 Å². The smallest absolute Gasteiger partial charge is 0.326 e. The summed E-state index contributed by atoms with van der Waals surface area (Å²) in [5.74, 6) is -1.05. The summed E-state index contributed by atoms with van der Waals surface area (Å²) in [6.45, 7) is 1.38. The number of urea groups is 1. The van der Waals surface area contributed by atoms with Crippen molar-refractivity contribution < 1.29 is 19.8 Å². The van der Waals surface area contributed by atoms with Gasteiger partial charge in [0.05, 0.1) is 6.10 Å². The van der Waals surface area contributed by atoms with Crippen LogP contribution in [0.5, 0.6) is 0 Å². The van der Waals surface area contributed by atoms with E-state index in [1.165, 1.54) is 4.90 Å². The highest BCUT2D eigenvalue weighted by atomic mass is 16.4. The number of nitrogens with zero attached hydrogens (tertiary/aromatic N) is 3. The summed E-state index contributed by atoms with van der Waals surface area (Å²) in [7, 11) is 3.97. The molecule has 2 aliphatic heterocycles. The van der Waals surface area contributed by atoms with Gasteiger partial charge >= 0.3 is 12.0 Å². The van der Waals surface area contributed by atoms with Crippen LogP contribution in [0.3, 0.4) is 0 Å². The van der Waals surface area contributed by atoms with Crippen LogP contribution in [0.4, 0.5) is 4.79 Å². The molecule has 0 radical (unpaired) electrons. The largest absolute Gasteiger partial charge is 0.480 e. The van der Waals surface area contributed by atoms with Gasteiger partial charge in [0.15, 0.2) is 0 Å². The molecule has 2 amide bonds. The molecular weight excluding hydrogens is 262 g/mol. The Hall–Kier alpha value is -1.34. The van der Waals surface area contributed by atoms with Crippen molar-refractivity contribution in [3.05, 3.63) is 0 Å². The van der Waals surface area contributed by atoms with Crippen LogP contribution in [0.1, 0.15) is 19.3 Å². The van der Waals surface area contributed by atoms with Crippen LogP contribution in [0.15, 0.2) is 0 Å². The molecule has 0 saturated carbocycles. The number of rotatable bonds is 2. The molecule has 2 heterocycles. The van der Waals surface area contributed by atoms with Crippen LogP contribution >= 0.6 is 0 Å². The fraction of sp³-hybridized carbons (Fsp3) is 0.846. The maximum Gasteiger partial charge on any atom is 0.326 e. The number of β-amino-alcohol motifs (C(OH)–C–C–N with tert-alkyl or cyclic N) is 1. The molecule has 0 aliphatic carbocycles. The minimum absolute atomic E-state index is 0.110. The fourth-order valence-corrected chi connectivity index (χ4v) is 2.99. The second-order valence-corrected chi connectivity index (χ2v) is 5.88. The van der Waals surface area contributed by atoms with Crippen molar-refractivity contribution in [1.29, 1.82) is 0 Å². The predicted molar refractivity (Wildman–Crippen MR) is 72.4 cm³/mol. The van der Waals surface area contributed by atoms with Crippen LogP contribution in [0.25, 0.3) is 0 Å². The standard InChI is InChI=1S/C13H23N3O4/c1-14(2)9-4-3-5-15(7-9)13(20)16-8-10(17)6-11(16)12(18)19/h9-11,17H,3-8H2,1-2H3,(H,18,19)/t9?,10?,11-/m0/s1. The maximum absolute atomic E-state index is 12.5. The van der Waals surface area contributed by atoms with E-state index in [0.29, 0.717) is 19.1 Å². The molecular formula is C13H23N3O4. The van der Waals surface area contributed by atoms with Gasteiger partial charge in [-0.15, -0.1) is 0 Å². The van der Waals surface area contributed by atoms with E-state index in [9.17, 15) is 14.7 Å². The van der Waals surface area contributed by atoms with Crippen LogP contribution < -0.4 is 0 Å². The number of carbonyl (C=O) groups excluding carboxylic acids is 1. The number of aliphatic hydroxyl groups excluding tert-OH is 1. The van der Waals surface area contributed by atoms with Gasteiger partial charge in [0.1, 0.15) is 6.04 Å². The average Bonchev–Trinajstić information content (AvgIpc) is 2.80. The third-order valence-electron chi connectivity index (χ3n) is 4.21. The van der Waals surface area contributed by atoms with Gasteiger partial charge in [0, 0.05) is 32.1 Å². The van der Waals surface area contributed by atoms with E-state index < -0.39 is 18.1 Å². The Bertz CT molecular complexity index is 388. The van der Waals surface area contributed by atoms with E-state index in [-0.39, 0.29) is 19.0 Å². The number of piperidine rings is 1. The maximum atomic E-state index is 12.5. The number of carboxylic acids is 1. The first-order valence-electron chi connectivity index (χ1n) is 7.03. The van der Waals surface area contributed by atoms with Crippen molar-refractivity contribution in [2.75, 3.05) is 33.7 Å². The van der Waals surface area contributed by atoms with E-state index in [4.69, 9.17) is 5.11 Å². The molecule has 2 rings (SSSR count). The van der Waals surface area contributed by atoms with Crippen molar-refractivity contribution in [3.63, 3.8) is 0 Å². The SMILES string of the molecule is CN(C)C1CCCN(C(=O)N2CC(O)C[C@H]2C(=O)O)C1. The highest BCUT2D eigenvalue weighted by Crippen LogP contribution is 2.22. The third kappa shape index (κ3) is 3.04. The number of likely N-dealkylation sites (tertiary alicyclic amines) is 2. The molecule has 0 aromatic rings. The summed E-state index contributed by atoms with van der Waals surface area (Å²) in [5.41, 5.74) is 0. The first kappa shape index (κ1) is 15.1. The fourth-order valence-electron chi connectivity index (χ4n) is 2.99. The Balaban J connectivity index is 2.04. The molecule has 20 heavy (non-hydrogen) atoms. The molecule has 0 bridgehead atoms. The van der Waals surface area contributed by atoms with Gasteiger partial charge in [-0.1, -0.05) is 0 Å². The van der Waals surface area contributed by atoms with E-state index in [1.807, 2.05) is 14.1 Å². The first-order chi connectivity index (χ1) is 9.40. The van der Waals surface area contributed by atoms with Gasteiger partial charge in [-0.25, -0.2) is 9.59 Å². The molecule has 0 aromatic carbocycles. The zero-order chi connectivity index (χ0) is 14.9. The topological polar surface area (TPSA) is 84.3 Å². The number of carbonyl (C=O) groups is 2. The monoisotopic (exact) mass is 285 g/mol. The lowest BCUT2D eigenvalue weighted by molar-refractivity contribution is -0.141. The highest BCUT2D eigenvalue weighted by Gasteiger charge is 2.41. The Morgan fingerprint density at radius 1 is 1.25 bits per heavy atom. The van der Waals surface area contributed by atoms with Gasteiger partial charge < -0.3 is 24.9 Å². The van der Waals surface area contributed by atoms with E-state index in [1.54, 1.807) is 4.90 Å². The zero-order valence-electron chi connectivity index (χ0n) is 12.0. The van der Waals surface area contributed by atoms with E-state index >= 15 is 0 Å². The number of aliphatic carboxylic acids is 1. The highest BCUT2D eigenvalue weighted by molar-refractivity contribution is 5.83. The summed E-state index contributed by atoms with van der Waals surface area (Å²) >= 11 is 0. The van der Waals surface area contributed by atoms with Crippen molar-refractivity contribution in [2.24, 2.45) is 0 Å². The Morgan fingerprint density at radius 2 is 1.95 bits per heavy atom. The second-order valence-electron chi connectivity index (χ2n) is 5.88. The third-order valence-corrected chi connectivity index (χ3v) is 4.21. The van der Waals surface area contributed by atoms with Crippen molar-refractivity contribution in [2.45, 2.75) is 37.5 Å². The minimum atomic E-state index is -1.05. The molecule has 2 fully saturated rings. The second kappa shape index (κ2) is 5.97. The molecule has 2 aliphatic rings. The molecule has 114 valence electrons. The number of carboxylic acid groups (broad SMARTS) is 1. The van der Waals surface area contributed by atoms with Gasteiger partial charge in [-0.2, -0.15) is 0 Å². The van der Waals surface area contributed by atoms with Crippen molar-refractivity contribution in [1.82, 2.24) is 14.7 Å². The Labute approximate surface area is 118 Å². The number of likely N-dealkylation sites (N-methyl/N-ethyl adjacent to an activating group) is 1. The van der Waals surface area contributed by atoms with Gasteiger partial charge in [0.25, 0.3) is 0 Å². The molecule has 2 unspecified atom stereocenters. The summed E-state index contributed by atoms with van der Waals surface area (Å²) in [6, 6.07) is -0.860. The summed E-state index contributed by atoms with van der Waals surface area (Å²) in [6.07, 6.45) is 1.34. The predicted octanol–water partition coefficient (Wildman–Crippen LogP) is -0.348. The molecule has 7 nitrogen and oxygen atoms in total. The van der Waals surface area contributed by atoms with Gasteiger partial charge in [0.2, 0.25) is 0 Å². The Kier molecular flexibility index (Phi) is 4.49. The molecule has 0 spiro atoms. The molecule has 7 heteroatoms. The minimum Gasteiger partial charge on any atom is -0.480 e. The number of amides is 2. The number of hydrogen-bond acceptors (Lipinski definition) is 4. The summed E-state index contributed by atoms with van der Waals surface area (Å²) < 4.78 is 0. The van der Waals surface area contributed by atoms with Gasteiger partial charge in [-0.05, 0) is 26.9 Å². The molecule has 0 aromatic heterocycles. The van der Waals surface area contributed by atoms with Crippen LogP contribution in [0.2, 0.25) is 0 Å². The zero-order valence-corrected chi connectivity index (χ0v) is 12.0. The number of hydrogen-bond donors (Lipinski definition) is 2. The first-order valence-corrected chi connectivity index (χ1v) is 7.03. The van der Waals surface area contributed by atoms with Crippen molar-refractivity contribution >= 4 is 12.0 Å². The van der Waals surface area contributed by atoms with Crippen molar-refractivity contribution in [3.8, 4) is 0 Å². The van der Waals surface area contributed by atoms with Crippen LogP contribution in [-0.2, 0) is 4.79 Å². The summed E-state index contributed by atoms with van der Waals surface area (Å²) in [4.78, 5) is 28.8. The molecule has 3 atom stereocenters. The lowest BCUT2D eigenvalue weighted by Crippen LogP contribution is -2.54. The normalized spacial score (nSPS) is 30.9. The van der Waals surface area contributed by atoms with Crippen LogP contribution in [0, 0.1) is 0 Å². The average molecular weight is 285 g/mol. The summed E-state index contributed by atoms with van der Waals surface area (Å²) in [5, 5.41) is 18.8. The lowest BCUT2D eigenvalue weighted by Gasteiger charge is -2.38. The molecule has 2 saturated heterocycles. The lowest BCUT2D eigenvalue weighted by atomic mass is 10.1. The number of aliphatic hydroxyl groups is 1. The quantitative estimate of drug-likeness (QED) is 0.724. The van der Waals surface area contributed by atoms with Crippen LogP contribution in [-0.4, -0.2) is 88.8 Å². The van der Waals surface area contributed by atoms with Gasteiger partial charge in [-0.3, -0.25) is 0 Å². The van der Waals surface area contributed by atoms with E-state index in [0.717, 1.165) is 12.8 Å². The molecule has 2 N–H and O–H groups in total. The Morgan fingerprint density at radius 3 is 2.55 bits per heavy atom.